The predicted molar refractivity (Wildman–Crippen MR) is 65.1 cm³/mol. The zero-order valence-corrected chi connectivity index (χ0v) is 10.6. The minimum absolute atomic E-state index is 0.0820. The van der Waals surface area contributed by atoms with Gasteiger partial charge in [0.25, 0.3) is 0 Å². The molecule has 0 aromatic heterocycles. The van der Waals surface area contributed by atoms with Gasteiger partial charge in [0.2, 0.25) is 5.91 Å². The van der Waals surface area contributed by atoms with Gasteiger partial charge in [-0.3, -0.25) is 4.79 Å². The highest BCUT2D eigenvalue weighted by atomic mass is 16.3. The molecule has 0 radical (unpaired) electrons. The topological polar surface area (TPSA) is 40.5 Å². The SMILES string of the molecule is CCCCCC[C@H]1C[C@H](C)N(CCO)C1=O. The molecule has 0 saturated carbocycles. The molecule has 1 saturated heterocycles. The number of aliphatic hydroxyl groups excluding tert-OH is 1. The second kappa shape index (κ2) is 6.89. The molecule has 94 valence electrons. The van der Waals surface area contributed by atoms with Gasteiger partial charge in [-0.2, -0.15) is 0 Å². The molecule has 1 heterocycles. The highest BCUT2D eigenvalue weighted by Crippen LogP contribution is 2.28. The molecule has 0 unspecified atom stereocenters. The van der Waals surface area contributed by atoms with Gasteiger partial charge in [-0.1, -0.05) is 32.6 Å². The number of aliphatic hydroxyl groups is 1. The number of hydrogen-bond donors (Lipinski definition) is 1. The molecule has 1 fully saturated rings. The highest BCUT2D eigenvalue weighted by molar-refractivity contribution is 5.81. The van der Waals surface area contributed by atoms with E-state index in [2.05, 4.69) is 13.8 Å². The minimum atomic E-state index is 0.0820. The monoisotopic (exact) mass is 227 g/mol. The first-order valence-corrected chi connectivity index (χ1v) is 6.62. The van der Waals surface area contributed by atoms with Crippen molar-refractivity contribution in [1.82, 2.24) is 4.90 Å². The molecule has 2 atom stereocenters. The smallest absolute Gasteiger partial charge is 0.226 e. The Morgan fingerprint density at radius 1 is 1.38 bits per heavy atom. The number of nitrogens with zero attached hydrogens (tertiary/aromatic N) is 1. The molecule has 0 aromatic rings. The molecule has 1 rings (SSSR count). The van der Waals surface area contributed by atoms with Crippen LogP contribution in [0.4, 0.5) is 0 Å². The van der Waals surface area contributed by atoms with Crippen LogP contribution in [0.5, 0.6) is 0 Å². The van der Waals surface area contributed by atoms with E-state index in [0.29, 0.717) is 12.6 Å². The van der Waals surface area contributed by atoms with Gasteiger partial charge in [0.05, 0.1) is 6.61 Å². The Kier molecular flexibility index (Phi) is 5.81. The summed E-state index contributed by atoms with van der Waals surface area (Å²) in [5, 5.41) is 8.90. The number of β-amino-alcohol motifs (C(OH)–C–C–N with tert-alkyl or cyclic N) is 1. The van der Waals surface area contributed by atoms with Crippen LogP contribution in [0, 0.1) is 5.92 Å². The summed E-state index contributed by atoms with van der Waals surface area (Å²) >= 11 is 0. The van der Waals surface area contributed by atoms with E-state index in [1.165, 1.54) is 25.7 Å². The van der Waals surface area contributed by atoms with Crippen LogP contribution in [0.25, 0.3) is 0 Å². The molecule has 3 nitrogen and oxygen atoms in total. The largest absolute Gasteiger partial charge is 0.395 e. The van der Waals surface area contributed by atoms with Crippen LogP contribution in [-0.4, -0.2) is 35.1 Å². The predicted octanol–water partition coefficient (Wildman–Crippen LogP) is 2.19. The van der Waals surface area contributed by atoms with Gasteiger partial charge in [0, 0.05) is 18.5 Å². The number of rotatable bonds is 7. The Bertz CT molecular complexity index is 218. The summed E-state index contributed by atoms with van der Waals surface area (Å²) in [4.78, 5) is 13.8. The quantitative estimate of drug-likeness (QED) is 0.677. The summed E-state index contributed by atoms with van der Waals surface area (Å²) in [7, 11) is 0. The molecule has 1 aliphatic heterocycles. The maximum atomic E-state index is 12.0. The van der Waals surface area contributed by atoms with Crippen LogP contribution < -0.4 is 0 Å². The van der Waals surface area contributed by atoms with Crippen LogP contribution in [-0.2, 0) is 4.79 Å². The van der Waals surface area contributed by atoms with Crippen LogP contribution >= 0.6 is 0 Å². The second-order valence-corrected chi connectivity index (χ2v) is 4.89. The van der Waals surface area contributed by atoms with E-state index in [1.54, 1.807) is 0 Å². The average molecular weight is 227 g/mol. The molecule has 0 bridgehead atoms. The van der Waals surface area contributed by atoms with E-state index in [-0.39, 0.29) is 18.4 Å². The second-order valence-electron chi connectivity index (χ2n) is 4.89. The molecule has 0 aliphatic carbocycles. The fraction of sp³-hybridized carbons (Fsp3) is 0.923. The third kappa shape index (κ3) is 3.48. The Hall–Kier alpha value is -0.570. The van der Waals surface area contributed by atoms with Crippen molar-refractivity contribution in [2.75, 3.05) is 13.2 Å². The van der Waals surface area contributed by atoms with E-state index in [4.69, 9.17) is 5.11 Å². The number of amides is 1. The van der Waals surface area contributed by atoms with E-state index in [1.807, 2.05) is 4.90 Å². The molecule has 0 aromatic carbocycles. The van der Waals surface area contributed by atoms with Gasteiger partial charge >= 0.3 is 0 Å². The lowest BCUT2D eigenvalue weighted by atomic mass is 9.98. The number of carbonyl (C=O) groups is 1. The molecule has 0 spiro atoms. The number of hydrogen-bond acceptors (Lipinski definition) is 2. The molecule has 16 heavy (non-hydrogen) atoms. The first-order valence-electron chi connectivity index (χ1n) is 6.62. The maximum Gasteiger partial charge on any atom is 0.226 e. The number of likely N-dealkylation sites (tertiary alicyclic amines) is 1. The van der Waals surface area contributed by atoms with Crippen molar-refractivity contribution in [3.8, 4) is 0 Å². The lowest BCUT2D eigenvalue weighted by Crippen LogP contribution is -2.34. The third-order valence-electron chi connectivity index (χ3n) is 3.54. The molecular weight excluding hydrogens is 202 g/mol. The van der Waals surface area contributed by atoms with Crippen molar-refractivity contribution in [2.45, 2.75) is 58.4 Å². The van der Waals surface area contributed by atoms with Crippen molar-refractivity contribution in [2.24, 2.45) is 5.92 Å². The highest BCUT2D eigenvalue weighted by Gasteiger charge is 2.35. The zero-order chi connectivity index (χ0) is 12.0. The Balaban J connectivity index is 2.31. The van der Waals surface area contributed by atoms with Crippen molar-refractivity contribution >= 4 is 5.91 Å². The van der Waals surface area contributed by atoms with Crippen molar-refractivity contribution in [3.05, 3.63) is 0 Å². The summed E-state index contributed by atoms with van der Waals surface area (Å²) in [5.74, 6) is 0.483. The van der Waals surface area contributed by atoms with Gasteiger partial charge in [0.1, 0.15) is 0 Å². The van der Waals surface area contributed by atoms with Crippen LogP contribution in [0.3, 0.4) is 0 Å². The summed E-state index contributed by atoms with van der Waals surface area (Å²) < 4.78 is 0. The Morgan fingerprint density at radius 2 is 2.12 bits per heavy atom. The lowest BCUT2D eigenvalue weighted by Gasteiger charge is -2.20. The summed E-state index contributed by atoms with van der Waals surface area (Å²) in [6, 6.07) is 0.316. The first kappa shape index (κ1) is 13.5. The van der Waals surface area contributed by atoms with Crippen molar-refractivity contribution in [1.29, 1.82) is 0 Å². The Labute approximate surface area is 98.8 Å². The van der Waals surface area contributed by atoms with E-state index < -0.39 is 0 Å². The number of unbranched alkanes of at least 4 members (excludes halogenated alkanes) is 3. The fourth-order valence-corrected chi connectivity index (χ4v) is 2.59. The van der Waals surface area contributed by atoms with Crippen LogP contribution in [0.1, 0.15) is 52.4 Å². The summed E-state index contributed by atoms with van der Waals surface area (Å²) in [6.45, 7) is 4.87. The maximum absolute atomic E-state index is 12.0. The molecule has 1 N–H and O–H groups in total. The average Bonchev–Trinajstić information content (AvgIpc) is 2.53. The standard InChI is InChI=1S/C13H25NO2/c1-3-4-5-6-7-12-10-11(2)14(8-9-15)13(12)16/h11-12,15H,3-10H2,1-2H3/t11-,12-/m0/s1. The van der Waals surface area contributed by atoms with Crippen molar-refractivity contribution in [3.63, 3.8) is 0 Å². The third-order valence-corrected chi connectivity index (χ3v) is 3.54. The van der Waals surface area contributed by atoms with Gasteiger partial charge in [0.15, 0.2) is 0 Å². The van der Waals surface area contributed by atoms with E-state index >= 15 is 0 Å². The fourth-order valence-electron chi connectivity index (χ4n) is 2.59. The van der Waals surface area contributed by atoms with Gasteiger partial charge in [-0.15, -0.1) is 0 Å². The minimum Gasteiger partial charge on any atom is -0.395 e. The first-order chi connectivity index (χ1) is 7.70. The van der Waals surface area contributed by atoms with E-state index in [9.17, 15) is 4.79 Å². The van der Waals surface area contributed by atoms with Gasteiger partial charge in [-0.05, 0) is 19.8 Å². The van der Waals surface area contributed by atoms with Crippen LogP contribution in [0.2, 0.25) is 0 Å². The van der Waals surface area contributed by atoms with Crippen LogP contribution in [0.15, 0.2) is 0 Å². The molecular formula is C13H25NO2. The molecule has 1 amide bonds. The van der Waals surface area contributed by atoms with Crippen molar-refractivity contribution < 1.29 is 9.90 Å². The Morgan fingerprint density at radius 3 is 2.75 bits per heavy atom. The van der Waals surface area contributed by atoms with Gasteiger partial charge < -0.3 is 10.0 Å². The molecule has 1 aliphatic rings. The number of carbonyl (C=O) groups excluding carboxylic acids is 1. The zero-order valence-electron chi connectivity index (χ0n) is 10.6. The normalized spacial score (nSPS) is 25.4. The molecule has 3 heteroatoms. The summed E-state index contributed by atoms with van der Waals surface area (Å²) in [6.07, 6.45) is 6.94. The van der Waals surface area contributed by atoms with Gasteiger partial charge in [-0.25, -0.2) is 0 Å². The summed E-state index contributed by atoms with van der Waals surface area (Å²) in [5.41, 5.74) is 0. The van der Waals surface area contributed by atoms with E-state index in [0.717, 1.165) is 12.8 Å². The lowest BCUT2D eigenvalue weighted by molar-refractivity contribution is -0.132.